The molecule has 1 unspecified atom stereocenters. The standard InChI is InChI=1S/C14H12Br2F2N2/c15-9-5-4-8(12(18)7-9)6-13(20-19)14-10(16)2-1-3-11(14)17/h1-5,7,13,20H,6,19H2. The summed E-state index contributed by atoms with van der Waals surface area (Å²) in [5, 5.41) is 0. The van der Waals surface area contributed by atoms with Gasteiger partial charge in [0.1, 0.15) is 11.6 Å². The highest BCUT2D eigenvalue weighted by atomic mass is 79.9. The van der Waals surface area contributed by atoms with E-state index < -0.39 is 6.04 Å². The van der Waals surface area contributed by atoms with Gasteiger partial charge in [-0.2, -0.15) is 0 Å². The average Bonchev–Trinajstić information content (AvgIpc) is 2.39. The molecule has 0 amide bonds. The monoisotopic (exact) mass is 404 g/mol. The molecule has 0 fully saturated rings. The second-order valence-corrected chi connectivity index (χ2v) is 6.06. The summed E-state index contributed by atoms with van der Waals surface area (Å²) >= 11 is 6.50. The highest BCUT2D eigenvalue weighted by Crippen LogP contribution is 2.29. The first-order valence-electron chi connectivity index (χ1n) is 5.87. The van der Waals surface area contributed by atoms with Gasteiger partial charge in [-0.1, -0.05) is 44.0 Å². The van der Waals surface area contributed by atoms with E-state index in [1.54, 1.807) is 24.3 Å². The van der Waals surface area contributed by atoms with Crippen molar-refractivity contribution in [1.82, 2.24) is 5.43 Å². The molecule has 6 heteroatoms. The number of halogens is 4. The average molecular weight is 406 g/mol. The van der Waals surface area contributed by atoms with Gasteiger partial charge in [-0.05, 0) is 36.2 Å². The van der Waals surface area contributed by atoms with Crippen molar-refractivity contribution in [2.75, 3.05) is 0 Å². The molecule has 0 saturated carbocycles. The Morgan fingerprint density at radius 1 is 1.10 bits per heavy atom. The van der Waals surface area contributed by atoms with Crippen LogP contribution in [0.15, 0.2) is 45.3 Å². The SMILES string of the molecule is NNC(Cc1ccc(Br)cc1F)c1c(F)cccc1Br. The largest absolute Gasteiger partial charge is 0.271 e. The van der Waals surface area contributed by atoms with Gasteiger partial charge in [-0.15, -0.1) is 0 Å². The number of nitrogens with one attached hydrogen (secondary N) is 1. The van der Waals surface area contributed by atoms with Crippen LogP contribution in [0.1, 0.15) is 17.2 Å². The Kier molecular flexibility index (Phi) is 5.26. The van der Waals surface area contributed by atoms with E-state index >= 15 is 0 Å². The van der Waals surface area contributed by atoms with Crippen molar-refractivity contribution >= 4 is 31.9 Å². The van der Waals surface area contributed by atoms with Crippen molar-refractivity contribution in [2.45, 2.75) is 12.5 Å². The van der Waals surface area contributed by atoms with Gasteiger partial charge in [0.2, 0.25) is 0 Å². The summed E-state index contributed by atoms with van der Waals surface area (Å²) in [7, 11) is 0. The summed E-state index contributed by atoms with van der Waals surface area (Å²) in [6, 6.07) is 8.90. The third-order valence-electron chi connectivity index (χ3n) is 2.99. The minimum absolute atomic E-state index is 0.245. The lowest BCUT2D eigenvalue weighted by Crippen LogP contribution is -2.30. The summed E-state index contributed by atoms with van der Waals surface area (Å²) in [4.78, 5) is 0. The smallest absolute Gasteiger partial charge is 0.129 e. The normalized spacial score (nSPS) is 12.4. The molecule has 0 saturated heterocycles. The van der Waals surface area contributed by atoms with Gasteiger partial charge < -0.3 is 0 Å². The Hall–Kier alpha value is -0.820. The lowest BCUT2D eigenvalue weighted by atomic mass is 9.98. The molecular weight excluding hydrogens is 394 g/mol. The van der Waals surface area contributed by atoms with Gasteiger partial charge in [0, 0.05) is 14.5 Å². The summed E-state index contributed by atoms with van der Waals surface area (Å²) in [5.74, 6) is 4.76. The molecule has 2 aromatic carbocycles. The van der Waals surface area contributed by atoms with Crippen LogP contribution in [-0.2, 0) is 6.42 Å². The maximum atomic E-state index is 13.9. The van der Waals surface area contributed by atoms with E-state index in [0.717, 1.165) is 0 Å². The van der Waals surface area contributed by atoms with Gasteiger partial charge in [0.15, 0.2) is 0 Å². The van der Waals surface area contributed by atoms with Crippen molar-refractivity contribution in [1.29, 1.82) is 0 Å². The molecule has 20 heavy (non-hydrogen) atoms. The van der Waals surface area contributed by atoms with E-state index in [-0.39, 0.29) is 18.1 Å². The first-order chi connectivity index (χ1) is 9.52. The van der Waals surface area contributed by atoms with Gasteiger partial charge in [0.25, 0.3) is 0 Å². The van der Waals surface area contributed by atoms with Crippen molar-refractivity contribution in [2.24, 2.45) is 5.84 Å². The third kappa shape index (κ3) is 3.44. The Labute approximate surface area is 132 Å². The van der Waals surface area contributed by atoms with Crippen LogP contribution in [0.4, 0.5) is 8.78 Å². The minimum atomic E-state index is -0.527. The number of rotatable bonds is 4. The second kappa shape index (κ2) is 6.76. The molecule has 0 radical (unpaired) electrons. The molecule has 0 aliphatic rings. The van der Waals surface area contributed by atoms with E-state index in [2.05, 4.69) is 37.3 Å². The molecule has 0 heterocycles. The molecule has 0 aromatic heterocycles. The van der Waals surface area contributed by atoms with E-state index in [0.29, 0.717) is 20.1 Å². The number of hydrogen-bond acceptors (Lipinski definition) is 2. The molecule has 0 aliphatic carbocycles. The number of benzene rings is 2. The van der Waals surface area contributed by atoms with Crippen LogP contribution in [0.2, 0.25) is 0 Å². The van der Waals surface area contributed by atoms with Gasteiger partial charge >= 0.3 is 0 Å². The highest BCUT2D eigenvalue weighted by Gasteiger charge is 2.19. The fraction of sp³-hybridized carbons (Fsp3) is 0.143. The minimum Gasteiger partial charge on any atom is -0.271 e. The zero-order chi connectivity index (χ0) is 14.7. The summed E-state index contributed by atoms with van der Waals surface area (Å²) in [6.07, 6.45) is 0.245. The molecule has 106 valence electrons. The lowest BCUT2D eigenvalue weighted by Gasteiger charge is -2.19. The van der Waals surface area contributed by atoms with Gasteiger partial charge in [-0.3, -0.25) is 11.3 Å². The Morgan fingerprint density at radius 2 is 1.85 bits per heavy atom. The van der Waals surface area contributed by atoms with Crippen LogP contribution in [0, 0.1) is 11.6 Å². The summed E-state index contributed by atoms with van der Waals surface area (Å²) in [6.45, 7) is 0. The zero-order valence-electron chi connectivity index (χ0n) is 10.3. The predicted octanol–water partition coefficient (Wildman–Crippen LogP) is 4.24. The molecule has 1 atom stereocenters. The molecule has 0 aliphatic heterocycles. The fourth-order valence-corrected chi connectivity index (χ4v) is 2.95. The maximum absolute atomic E-state index is 13.9. The Balaban J connectivity index is 2.34. The molecule has 0 bridgehead atoms. The third-order valence-corrected chi connectivity index (χ3v) is 4.17. The fourth-order valence-electron chi connectivity index (χ4n) is 2.00. The number of hydrogen-bond donors (Lipinski definition) is 2. The number of nitrogens with two attached hydrogens (primary N) is 1. The zero-order valence-corrected chi connectivity index (χ0v) is 13.5. The molecule has 2 nitrogen and oxygen atoms in total. The lowest BCUT2D eigenvalue weighted by molar-refractivity contribution is 0.496. The van der Waals surface area contributed by atoms with E-state index in [1.165, 1.54) is 12.1 Å². The van der Waals surface area contributed by atoms with E-state index in [9.17, 15) is 8.78 Å². The highest BCUT2D eigenvalue weighted by molar-refractivity contribution is 9.10. The van der Waals surface area contributed by atoms with E-state index in [1.807, 2.05) is 0 Å². The Morgan fingerprint density at radius 3 is 2.45 bits per heavy atom. The van der Waals surface area contributed by atoms with Crippen molar-refractivity contribution < 1.29 is 8.78 Å². The van der Waals surface area contributed by atoms with Crippen molar-refractivity contribution in [3.63, 3.8) is 0 Å². The van der Waals surface area contributed by atoms with Crippen LogP contribution in [0.25, 0.3) is 0 Å². The quantitative estimate of drug-likeness (QED) is 0.589. The van der Waals surface area contributed by atoms with Gasteiger partial charge in [0.05, 0.1) is 6.04 Å². The number of hydrazine groups is 1. The van der Waals surface area contributed by atoms with E-state index in [4.69, 9.17) is 5.84 Å². The maximum Gasteiger partial charge on any atom is 0.129 e. The Bertz CT molecular complexity index is 600. The molecule has 3 N–H and O–H groups in total. The second-order valence-electron chi connectivity index (χ2n) is 4.29. The first-order valence-corrected chi connectivity index (χ1v) is 7.45. The van der Waals surface area contributed by atoms with Gasteiger partial charge in [-0.25, -0.2) is 8.78 Å². The van der Waals surface area contributed by atoms with Crippen LogP contribution in [0.3, 0.4) is 0 Å². The predicted molar refractivity (Wildman–Crippen MR) is 82.0 cm³/mol. The summed E-state index contributed by atoms with van der Waals surface area (Å²) in [5.41, 5.74) is 3.39. The molecular formula is C14H12Br2F2N2. The van der Waals surface area contributed by atoms with Crippen LogP contribution < -0.4 is 11.3 Å². The molecule has 0 spiro atoms. The van der Waals surface area contributed by atoms with Crippen molar-refractivity contribution in [3.8, 4) is 0 Å². The van der Waals surface area contributed by atoms with Crippen LogP contribution in [0.5, 0.6) is 0 Å². The molecule has 2 rings (SSSR count). The van der Waals surface area contributed by atoms with Crippen LogP contribution in [-0.4, -0.2) is 0 Å². The topological polar surface area (TPSA) is 38.0 Å². The molecule has 2 aromatic rings. The van der Waals surface area contributed by atoms with Crippen molar-refractivity contribution in [3.05, 3.63) is 68.1 Å². The summed E-state index contributed by atoms with van der Waals surface area (Å²) < 4.78 is 29.0. The van der Waals surface area contributed by atoms with Crippen LogP contribution >= 0.6 is 31.9 Å². The first kappa shape index (κ1) is 15.6.